The topological polar surface area (TPSA) is 75.4 Å². The predicted molar refractivity (Wildman–Crippen MR) is 116 cm³/mol. The molecule has 0 spiro atoms. The monoisotopic (exact) mass is 425 g/mol. The van der Waals surface area contributed by atoms with E-state index in [-0.39, 0.29) is 30.7 Å². The molecule has 1 aromatic heterocycles. The summed E-state index contributed by atoms with van der Waals surface area (Å²) in [6, 6.07) is 19.4. The molecule has 5 nitrogen and oxygen atoms in total. The Morgan fingerprint density at radius 3 is 2.40 bits per heavy atom. The Balaban J connectivity index is 1.72. The van der Waals surface area contributed by atoms with Crippen LogP contribution in [-0.4, -0.2) is 29.8 Å². The van der Waals surface area contributed by atoms with Gasteiger partial charge in [-0.05, 0) is 34.7 Å². The number of rotatable bonds is 10. The number of nitrogens with two attached hydrogens (primary N) is 1. The molecule has 0 aliphatic carbocycles. The van der Waals surface area contributed by atoms with E-state index < -0.39 is 5.91 Å². The third-order valence-electron chi connectivity index (χ3n) is 4.63. The van der Waals surface area contributed by atoms with E-state index in [1.165, 1.54) is 23.5 Å². The van der Waals surface area contributed by atoms with E-state index in [0.29, 0.717) is 13.1 Å². The summed E-state index contributed by atoms with van der Waals surface area (Å²) < 4.78 is 13.4. The minimum Gasteiger partial charge on any atom is -0.370 e. The van der Waals surface area contributed by atoms with Gasteiger partial charge in [0.25, 0.3) is 0 Å². The molecule has 1 heterocycles. The van der Waals surface area contributed by atoms with Crippen molar-refractivity contribution in [2.75, 3.05) is 13.1 Å². The van der Waals surface area contributed by atoms with Gasteiger partial charge in [0, 0.05) is 24.4 Å². The quantitative estimate of drug-likeness (QED) is 0.522. The lowest BCUT2D eigenvalue weighted by molar-refractivity contribution is -0.124. The second kappa shape index (κ2) is 10.7. The molecule has 0 radical (unpaired) electrons. The molecule has 3 rings (SSSR count). The van der Waals surface area contributed by atoms with Crippen molar-refractivity contribution >= 4 is 23.2 Å². The van der Waals surface area contributed by atoms with E-state index in [9.17, 15) is 14.0 Å². The summed E-state index contributed by atoms with van der Waals surface area (Å²) >= 11 is 1.52. The first-order valence-corrected chi connectivity index (χ1v) is 10.5. The van der Waals surface area contributed by atoms with E-state index in [0.717, 1.165) is 16.0 Å². The fraction of sp³-hybridized carbons (Fsp3) is 0.217. The van der Waals surface area contributed by atoms with Gasteiger partial charge in [0.15, 0.2) is 0 Å². The third-order valence-corrected chi connectivity index (χ3v) is 5.56. The number of hydrogen-bond donors (Lipinski definition) is 2. The molecule has 2 aromatic carbocycles. The van der Waals surface area contributed by atoms with E-state index >= 15 is 0 Å². The molecular formula is C23H24FN3O2S. The first-order valence-electron chi connectivity index (χ1n) is 9.64. The number of hydrogen-bond acceptors (Lipinski definition) is 4. The van der Waals surface area contributed by atoms with Crippen LogP contribution in [0.5, 0.6) is 0 Å². The molecular weight excluding hydrogens is 401 g/mol. The number of amides is 2. The van der Waals surface area contributed by atoms with Crippen LogP contribution >= 0.6 is 11.3 Å². The van der Waals surface area contributed by atoms with Gasteiger partial charge < -0.3 is 11.1 Å². The Morgan fingerprint density at radius 1 is 1.03 bits per heavy atom. The maximum atomic E-state index is 13.4. The van der Waals surface area contributed by atoms with Gasteiger partial charge in [0.2, 0.25) is 11.8 Å². The normalized spacial score (nSPS) is 11.9. The lowest BCUT2D eigenvalue weighted by Gasteiger charge is -2.24. The maximum Gasteiger partial charge on any atom is 0.234 e. The number of carbonyl (C=O) groups is 2. The molecule has 0 fully saturated rings. The Bertz CT molecular complexity index is 946. The van der Waals surface area contributed by atoms with E-state index in [1.54, 1.807) is 12.1 Å². The summed E-state index contributed by atoms with van der Waals surface area (Å²) in [7, 11) is 0. The Kier molecular flexibility index (Phi) is 7.70. The van der Waals surface area contributed by atoms with Crippen molar-refractivity contribution in [3.8, 4) is 0 Å². The largest absolute Gasteiger partial charge is 0.370 e. The van der Waals surface area contributed by atoms with Crippen LogP contribution in [-0.2, 0) is 16.1 Å². The molecule has 1 unspecified atom stereocenters. The number of carbonyl (C=O) groups excluding carboxylic acids is 2. The van der Waals surface area contributed by atoms with Gasteiger partial charge in [-0.15, -0.1) is 11.3 Å². The van der Waals surface area contributed by atoms with Crippen LogP contribution in [0.2, 0.25) is 0 Å². The molecule has 1 atom stereocenters. The van der Waals surface area contributed by atoms with Gasteiger partial charge in [-0.25, -0.2) is 4.39 Å². The van der Waals surface area contributed by atoms with Crippen molar-refractivity contribution in [3.05, 3.63) is 93.9 Å². The van der Waals surface area contributed by atoms with Crippen molar-refractivity contribution in [1.82, 2.24) is 10.2 Å². The zero-order valence-corrected chi connectivity index (χ0v) is 17.3. The molecule has 30 heavy (non-hydrogen) atoms. The Hall–Kier alpha value is -3.03. The zero-order valence-electron chi connectivity index (χ0n) is 16.5. The molecule has 3 N–H and O–H groups in total. The van der Waals surface area contributed by atoms with E-state index in [4.69, 9.17) is 5.73 Å². The minimum atomic E-state index is -0.406. The molecule has 0 aliphatic rings. The highest BCUT2D eigenvalue weighted by Gasteiger charge is 2.20. The number of benzene rings is 2. The van der Waals surface area contributed by atoms with Gasteiger partial charge in [-0.1, -0.05) is 48.5 Å². The number of nitrogens with one attached hydrogen (secondary N) is 1. The summed E-state index contributed by atoms with van der Waals surface area (Å²) in [5.74, 6) is -0.912. The van der Waals surface area contributed by atoms with Crippen LogP contribution in [0, 0.1) is 5.82 Å². The Labute approximate surface area is 179 Å². The second-order valence-corrected chi connectivity index (χ2v) is 7.96. The van der Waals surface area contributed by atoms with Crippen LogP contribution in [0.25, 0.3) is 0 Å². The van der Waals surface area contributed by atoms with Crippen LogP contribution in [0.15, 0.2) is 72.1 Å². The highest BCUT2D eigenvalue weighted by molar-refractivity contribution is 7.10. The second-order valence-electron chi connectivity index (χ2n) is 6.98. The summed E-state index contributed by atoms with van der Waals surface area (Å²) in [6.45, 7) is 1.03. The smallest absolute Gasteiger partial charge is 0.234 e. The van der Waals surface area contributed by atoms with Crippen molar-refractivity contribution in [3.63, 3.8) is 0 Å². The zero-order chi connectivity index (χ0) is 21.3. The molecule has 0 saturated heterocycles. The van der Waals surface area contributed by atoms with E-state index in [1.807, 2.05) is 52.7 Å². The molecule has 156 valence electrons. The molecule has 2 amide bonds. The van der Waals surface area contributed by atoms with Crippen LogP contribution in [0.1, 0.15) is 28.5 Å². The molecule has 3 aromatic rings. The van der Waals surface area contributed by atoms with Gasteiger partial charge in [-0.2, -0.15) is 0 Å². The van der Waals surface area contributed by atoms with Crippen molar-refractivity contribution in [1.29, 1.82) is 0 Å². The Morgan fingerprint density at radius 2 is 1.77 bits per heavy atom. The lowest BCUT2D eigenvalue weighted by Crippen LogP contribution is -2.40. The first-order chi connectivity index (χ1) is 14.5. The fourth-order valence-corrected chi connectivity index (χ4v) is 3.97. The summed E-state index contributed by atoms with van der Waals surface area (Å²) in [6.07, 6.45) is 0.173. The third kappa shape index (κ3) is 6.50. The highest BCUT2D eigenvalue weighted by Crippen LogP contribution is 2.26. The van der Waals surface area contributed by atoms with Crippen molar-refractivity contribution < 1.29 is 14.0 Å². The van der Waals surface area contributed by atoms with Gasteiger partial charge in [-0.3, -0.25) is 14.5 Å². The van der Waals surface area contributed by atoms with Gasteiger partial charge in [0.1, 0.15) is 5.82 Å². The SMILES string of the molecule is NC(=O)CCN(CC(=O)NC(c1ccc(F)cc1)c1cccs1)Cc1ccccc1. The number of nitrogens with zero attached hydrogens (tertiary/aromatic N) is 1. The minimum absolute atomic E-state index is 0.116. The van der Waals surface area contributed by atoms with Crippen LogP contribution in [0.4, 0.5) is 4.39 Å². The van der Waals surface area contributed by atoms with Crippen molar-refractivity contribution in [2.24, 2.45) is 5.73 Å². The van der Waals surface area contributed by atoms with Crippen LogP contribution in [0.3, 0.4) is 0 Å². The molecule has 0 aliphatic heterocycles. The predicted octanol–water partition coefficient (Wildman–Crippen LogP) is 3.47. The molecule has 0 saturated carbocycles. The highest BCUT2D eigenvalue weighted by atomic mass is 32.1. The molecule has 0 bridgehead atoms. The average Bonchev–Trinajstić information content (AvgIpc) is 3.26. The summed E-state index contributed by atoms with van der Waals surface area (Å²) in [4.78, 5) is 27.0. The van der Waals surface area contributed by atoms with E-state index in [2.05, 4.69) is 5.32 Å². The van der Waals surface area contributed by atoms with Crippen molar-refractivity contribution in [2.45, 2.75) is 19.0 Å². The van der Waals surface area contributed by atoms with Crippen LogP contribution < -0.4 is 11.1 Å². The standard InChI is InChI=1S/C23H24FN3O2S/c24-19-10-8-18(9-11-19)23(20-7-4-14-30-20)26-22(29)16-27(13-12-21(25)28)15-17-5-2-1-3-6-17/h1-11,14,23H,12-13,15-16H2,(H2,25,28)(H,26,29). The maximum absolute atomic E-state index is 13.4. The lowest BCUT2D eigenvalue weighted by atomic mass is 10.1. The number of primary amides is 1. The number of thiophene rings is 1. The number of halogens is 1. The molecule has 7 heteroatoms. The first kappa shape index (κ1) is 21.7. The summed E-state index contributed by atoms with van der Waals surface area (Å²) in [5, 5.41) is 4.99. The fourth-order valence-electron chi connectivity index (χ4n) is 3.16. The average molecular weight is 426 g/mol. The van der Waals surface area contributed by atoms with Gasteiger partial charge >= 0.3 is 0 Å². The van der Waals surface area contributed by atoms with Gasteiger partial charge in [0.05, 0.1) is 12.6 Å². The summed E-state index contributed by atoms with van der Waals surface area (Å²) in [5.41, 5.74) is 7.15.